The van der Waals surface area contributed by atoms with Gasteiger partial charge < -0.3 is 5.32 Å². The van der Waals surface area contributed by atoms with Gasteiger partial charge in [-0.15, -0.1) is 11.8 Å². The van der Waals surface area contributed by atoms with Crippen LogP contribution in [-0.2, 0) is 12.3 Å². The first-order valence-corrected chi connectivity index (χ1v) is 6.88. The molecule has 0 bridgehead atoms. The Morgan fingerprint density at radius 1 is 1.06 bits per heavy atom. The highest BCUT2D eigenvalue weighted by Crippen LogP contribution is 2.24. The summed E-state index contributed by atoms with van der Waals surface area (Å²) in [5, 5.41) is 3.11. The van der Waals surface area contributed by atoms with Gasteiger partial charge in [0.1, 0.15) is 5.82 Å². The van der Waals surface area contributed by atoms with Crippen LogP contribution in [0.15, 0.2) is 53.4 Å². The van der Waals surface area contributed by atoms with E-state index in [-0.39, 0.29) is 5.82 Å². The molecule has 0 atom stereocenters. The number of nitrogens with one attached hydrogen (secondary N) is 1. The molecule has 0 amide bonds. The lowest BCUT2D eigenvalue weighted by Crippen LogP contribution is -2.04. The maximum atomic E-state index is 13.4. The van der Waals surface area contributed by atoms with Crippen molar-refractivity contribution in [3.8, 4) is 0 Å². The van der Waals surface area contributed by atoms with Crippen molar-refractivity contribution < 1.29 is 4.39 Å². The van der Waals surface area contributed by atoms with Gasteiger partial charge in [-0.2, -0.15) is 0 Å². The Morgan fingerprint density at radius 3 is 2.44 bits per heavy atom. The third kappa shape index (κ3) is 3.59. The molecule has 0 heterocycles. The van der Waals surface area contributed by atoms with Crippen LogP contribution in [-0.4, -0.2) is 7.05 Å². The van der Waals surface area contributed by atoms with Gasteiger partial charge in [0, 0.05) is 17.2 Å². The molecule has 2 rings (SSSR count). The second-order valence-electron chi connectivity index (χ2n) is 4.05. The molecule has 0 spiro atoms. The molecule has 3 heteroatoms. The van der Waals surface area contributed by atoms with Crippen molar-refractivity contribution in [3.63, 3.8) is 0 Å². The SMILES string of the molecule is CNCc1ccc(SCc2ccccc2F)cc1. The highest BCUT2D eigenvalue weighted by Gasteiger charge is 2.01. The topological polar surface area (TPSA) is 12.0 Å². The van der Waals surface area contributed by atoms with Crippen LogP contribution in [0.25, 0.3) is 0 Å². The van der Waals surface area contributed by atoms with Crippen molar-refractivity contribution in [2.45, 2.75) is 17.2 Å². The Labute approximate surface area is 111 Å². The van der Waals surface area contributed by atoms with Gasteiger partial charge in [-0.1, -0.05) is 30.3 Å². The van der Waals surface area contributed by atoms with Gasteiger partial charge in [-0.05, 0) is 36.4 Å². The number of thioether (sulfide) groups is 1. The van der Waals surface area contributed by atoms with E-state index in [1.165, 1.54) is 11.6 Å². The Hall–Kier alpha value is -1.32. The van der Waals surface area contributed by atoms with Gasteiger partial charge in [-0.3, -0.25) is 0 Å². The maximum absolute atomic E-state index is 13.4. The van der Waals surface area contributed by atoms with Gasteiger partial charge >= 0.3 is 0 Å². The standard InChI is InChI=1S/C15H16FNS/c1-17-10-12-6-8-14(9-7-12)18-11-13-4-2-3-5-15(13)16/h2-9,17H,10-11H2,1H3. The second-order valence-corrected chi connectivity index (χ2v) is 5.10. The van der Waals surface area contributed by atoms with E-state index in [0.717, 1.165) is 17.0 Å². The van der Waals surface area contributed by atoms with Gasteiger partial charge in [0.25, 0.3) is 0 Å². The second kappa shape index (κ2) is 6.57. The zero-order valence-electron chi connectivity index (χ0n) is 10.3. The average molecular weight is 261 g/mol. The molecule has 0 aliphatic rings. The summed E-state index contributed by atoms with van der Waals surface area (Å²) in [7, 11) is 1.93. The lowest BCUT2D eigenvalue weighted by molar-refractivity contribution is 0.617. The molecule has 1 nitrogen and oxygen atoms in total. The fourth-order valence-corrected chi connectivity index (χ4v) is 2.57. The molecule has 0 fully saturated rings. The highest BCUT2D eigenvalue weighted by molar-refractivity contribution is 7.98. The minimum absolute atomic E-state index is 0.128. The number of benzene rings is 2. The fourth-order valence-electron chi connectivity index (χ4n) is 1.68. The summed E-state index contributed by atoms with van der Waals surface area (Å²) in [6.45, 7) is 0.873. The van der Waals surface area contributed by atoms with E-state index in [1.807, 2.05) is 19.2 Å². The van der Waals surface area contributed by atoms with Crippen LogP contribution in [0.4, 0.5) is 4.39 Å². The van der Waals surface area contributed by atoms with Crippen LogP contribution in [0.5, 0.6) is 0 Å². The number of hydrogen-bond acceptors (Lipinski definition) is 2. The first-order chi connectivity index (χ1) is 8.79. The van der Waals surface area contributed by atoms with Crippen LogP contribution >= 0.6 is 11.8 Å². The predicted octanol–water partition coefficient (Wildman–Crippen LogP) is 3.84. The molecular weight excluding hydrogens is 245 g/mol. The number of rotatable bonds is 5. The molecule has 0 saturated heterocycles. The van der Waals surface area contributed by atoms with Crippen molar-refractivity contribution in [2.24, 2.45) is 0 Å². The number of hydrogen-bond donors (Lipinski definition) is 1. The van der Waals surface area contributed by atoms with Crippen LogP contribution in [0.3, 0.4) is 0 Å². The first-order valence-electron chi connectivity index (χ1n) is 5.89. The van der Waals surface area contributed by atoms with Crippen molar-refractivity contribution in [3.05, 3.63) is 65.5 Å². The minimum Gasteiger partial charge on any atom is -0.316 e. The van der Waals surface area contributed by atoms with Crippen molar-refractivity contribution in [2.75, 3.05) is 7.05 Å². The van der Waals surface area contributed by atoms with Crippen molar-refractivity contribution in [1.82, 2.24) is 5.32 Å². The van der Waals surface area contributed by atoms with Gasteiger partial charge in [0.05, 0.1) is 0 Å². The Kier molecular flexibility index (Phi) is 4.79. The molecule has 18 heavy (non-hydrogen) atoms. The van der Waals surface area contributed by atoms with Crippen molar-refractivity contribution in [1.29, 1.82) is 0 Å². The molecule has 94 valence electrons. The summed E-state index contributed by atoms with van der Waals surface area (Å²) >= 11 is 1.65. The molecule has 0 saturated carbocycles. The molecule has 0 radical (unpaired) electrons. The lowest BCUT2D eigenvalue weighted by atomic mass is 10.2. The summed E-state index contributed by atoms with van der Waals surface area (Å²) in [6, 6.07) is 15.3. The normalized spacial score (nSPS) is 10.6. The maximum Gasteiger partial charge on any atom is 0.127 e. The van der Waals surface area contributed by atoms with Crippen molar-refractivity contribution >= 4 is 11.8 Å². The summed E-state index contributed by atoms with van der Waals surface area (Å²) in [5.41, 5.74) is 2.01. The van der Waals surface area contributed by atoms with Gasteiger partial charge in [0.15, 0.2) is 0 Å². The molecular formula is C15H16FNS. The zero-order chi connectivity index (χ0) is 12.8. The summed E-state index contributed by atoms with van der Waals surface area (Å²) in [6.07, 6.45) is 0. The largest absolute Gasteiger partial charge is 0.316 e. The first kappa shape index (κ1) is 13.1. The van der Waals surface area contributed by atoms with E-state index in [1.54, 1.807) is 17.8 Å². The van der Waals surface area contributed by atoms with Crippen LogP contribution < -0.4 is 5.32 Å². The van der Waals surface area contributed by atoms with E-state index in [0.29, 0.717) is 5.75 Å². The zero-order valence-corrected chi connectivity index (χ0v) is 11.1. The third-order valence-electron chi connectivity index (χ3n) is 2.66. The fraction of sp³-hybridized carbons (Fsp3) is 0.200. The quantitative estimate of drug-likeness (QED) is 0.821. The van der Waals surface area contributed by atoms with E-state index in [2.05, 4.69) is 29.6 Å². The molecule has 2 aromatic carbocycles. The average Bonchev–Trinajstić information content (AvgIpc) is 2.40. The molecule has 1 N–H and O–H groups in total. The molecule has 0 unspecified atom stereocenters. The summed E-state index contributed by atoms with van der Waals surface area (Å²) in [4.78, 5) is 1.16. The van der Waals surface area contributed by atoms with E-state index in [4.69, 9.17) is 0 Å². The van der Waals surface area contributed by atoms with Gasteiger partial charge in [-0.25, -0.2) is 4.39 Å². The molecule has 0 aromatic heterocycles. The van der Waals surface area contributed by atoms with Crippen LogP contribution in [0.2, 0.25) is 0 Å². The molecule has 0 aliphatic heterocycles. The Bertz CT molecular complexity index is 496. The summed E-state index contributed by atoms with van der Waals surface area (Å²) in [5.74, 6) is 0.537. The molecule has 0 aliphatic carbocycles. The van der Waals surface area contributed by atoms with E-state index in [9.17, 15) is 4.39 Å². The predicted molar refractivity (Wildman–Crippen MR) is 75.2 cm³/mol. The monoisotopic (exact) mass is 261 g/mol. The van der Waals surface area contributed by atoms with E-state index < -0.39 is 0 Å². The number of halogens is 1. The Balaban J connectivity index is 1.96. The highest BCUT2D eigenvalue weighted by atomic mass is 32.2. The Morgan fingerprint density at radius 2 is 1.78 bits per heavy atom. The minimum atomic E-state index is -0.128. The smallest absolute Gasteiger partial charge is 0.127 e. The van der Waals surface area contributed by atoms with E-state index >= 15 is 0 Å². The van der Waals surface area contributed by atoms with Gasteiger partial charge in [0.2, 0.25) is 0 Å². The van der Waals surface area contributed by atoms with Crippen LogP contribution in [0, 0.1) is 5.82 Å². The lowest BCUT2D eigenvalue weighted by Gasteiger charge is -2.05. The molecule has 2 aromatic rings. The third-order valence-corrected chi connectivity index (χ3v) is 3.72. The van der Waals surface area contributed by atoms with Crippen LogP contribution in [0.1, 0.15) is 11.1 Å². The summed E-state index contributed by atoms with van der Waals surface area (Å²) < 4.78 is 13.4.